The standard InChI is InChI=1S/C9H13N.C7H8O/c1-2-9(10)8-6-4-3-5-7-8;8-6-7-4-2-1-3-5-7/h3-7,9H,2,10H2,1H3;1-5,8H,6H2. The largest absolute Gasteiger partial charge is 0.392 e. The van der Waals surface area contributed by atoms with E-state index in [0.717, 1.165) is 12.0 Å². The van der Waals surface area contributed by atoms with E-state index in [1.54, 1.807) is 0 Å². The molecule has 0 fully saturated rings. The van der Waals surface area contributed by atoms with Gasteiger partial charge in [-0.15, -0.1) is 0 Å². The Labute approximate surface area is 109 Å². The Bertz CT molecular complexity index is 414. The van der Waals surface area contributed by atoms with Gasteiger partial charge >= 0.3 is 0 Å². The van der Waals surface area contributed by atoms with Gasteiger partial charge in [-0.25, -0.2) is 0 Å². The first-order valence-electron chi connectivity index (χ1n) is 6.23. The van der Waals surface area contributed by atoms with Crippen LogP contribution < -0.4 is 5.73 Å². The minimum absolute atomic E-state index is 0.140. The van der Waals surface area contributed by atoms with E-state index >= 15 is 0 Å². The second-order valence-electron chi connectivity index (χ2n) is 4.07. The minimum atomic E-state index is 0.140. The van der Waals surface area contributed by atoms with Crippen LogP contribution in [0.1, 0.15) is 30.5 Å². The molecule has 3 N–H and O–H groups in total. The molecule has 0 bridgehead atoms. The maximum atomic E-state index is 8.54. The summed E-state index contributed by atoms with van der Waals surface area (Å²) in [4.78, 5) is 0. The molecule has 0 amide bonds. The van der Waals surface area contributed by atoms with Crippen LogP contribution in [0.4, 0.5) is 0 Å². The van der Waals surface area contributed by atoms with Gasteiger partial charge in [-0.3, -0.25) is 0 Å². The highest BCUT2D eigenvalue weighted by molar-refractivity contribution is 5.17. The zero-order valence-electron chi connectivity index (χ0n) is 10.8. The molecule has 1 atom stereocenters. The van der Waals surface area contributed by atoms with Gasteiger partial charge in [0.25, 0.3) is 0 Å². The molecule has 0 heterocycles. The fraction of sp³-hybridized carbons (Fsp3) is 0.250. The lowest BCUT2D eigenvalue weighted by atomic mass is 10.1. The summed E-state index contributed by atoms with van der Waals surface area (Å²) >= 11 is 0. The van der Waals surface area contributed by atoms with Gasteiger partial charge in [-0.05, 0) is 17.5 Å². The predicted octanol–water partition coefficient (Wildman–Crippen LogP) is 3.28. The highest BCUT2D eigenvalue weighted by Crippen LogP contribution is 2.11. The van der Waals surface area contributed by atoms with Crippen LogP contribution in [-0.4, -0.2) is 5.11 Å². The predicted molar refractivity (Wildman–Crippen MR) is 76.0 cm³/mol. The van der Waals surface area contributed by atoms with Crippen LogP contribution in [0, 0.1) is 0 Å². The van der Waals surface area contributed by atoms with Gasteiger partial charge in [-0.1, -0.05) is 67.6 Å². The van der Waals surface area contributed by atoms with Gasteiger partial charge < -0.3 is 10.8 Å². The van der Waals surface area contributed by atoms with Crippen LogP contribution in [0.25, 0.3) is 0 Å². The van der Waals surface area contributed by atoms with Gasteiger partial charge in [0, 0.05) is 6.04 Å². The van der Waals surface area contributed by atoms with Gasteiger partial charge in [0.2, 0.25) is 0 Å². The van der Waals surface area contributed by atoms with Crippen LogP contribution >= 0.6 is 0 Å². The van der Waals surface area contributed by atoms with Crippen molar-refractivity contribution >= 4 is 0 Å². The molecule has 2 aromatic rings. The molecule has 0 radical (unpaired) electrons. The normalized spacial score (nSPS) is 11.3. The second kappa shape index (κ2) is 8.45. The summed E-state index contributed by atoms with van der Waals surface area (Å²) in [6.07, 6.45) is 1.00. The molecule has 18 heavy (non-hydrogen) atoms. The molecular formula is C16H21NO. The van der Waals surface area contributed by atoms with Crippen LogP contribution in [0.15, 0.2) is 60.7 Å². The summed E-state index contributed by atoms with van der Waals surface area (Å²) in [6, 6.07) is 19.9. The first-order valence-corrected chi connectivity index (χ1v) is 6.23. The third kappa shape index (κ3) is 5.13. The molecule has 1 unspecified atom stereocenters. The maximum Gasteiger partial charge on any atom is 0.0681 e. The van der Waals surface area contributed by atoms with E-state index in [0.29, 0.717) is 0 Å². The van der Waals surface area contributed by atoms with Gasteiger partial charge in [0.1, 0.15) is 0 Å². The van der Waals surface area contributed by atoms with Gasteiger partial charge in [0.05, 0.1) is 6.61 Å². The van der Waals surface area contributed by atoms with E-state index < -0.39 is 0 Å². The SMILES string of the molecule is CCC(N)c1ccccc1.OCc1ccccc1. The second-order valence-corrected chi connectivity index (χ2v) is 4.07. The van der Waals surface area contributed by atoms with Gasteiger partial charge in [0.15, 0.2) is 0 Å². The van der Waals surface area contributed by atoms with Crippen molar-refractivity contribution in [1.29, 1.82) is 0 Å². The molecule has 2 aromatic carbocycles. The first-order chi connectivity index (χ1) is 8.77. The van der Waals surface area contributed by atoms with E-state index in [1.165, 1.54) is 5.56 Å². The summed E-state index contributed by atoms with van der Waals surface area (Å²) in [7, 11) is 0. The van der Waals surface area contributed by atoms with Crippen LogP contribution in [0.5, 0.6) is 0 Å². The van der Waals surface area contributed by atoms with Crippen LogP contribution in [0.3, 0.4) is 0 Å². The molecule has 0 aliphatic carbocycles. The Kier molecular flexibility index (Phi) is 6.77. The number of benzene rings is 2. The summed E-state index contributed by atoms with van der Waals surface area (Å²) in [5, 5.41) is 8.54. The molecular weight excluding hydrogens is 222 g/mol. The molecule has 0 spiro atoms. The fourth-order valence-electron chi connectivity index (χ4n) is 1.52. The molecule has 0 saturated heterocycles. The smallest absolute Gasteiger partial charge is 0.0681 e. The minimum Gasteiger partial charge on any atom is -0.392 e. The molecule has 2 nitrogen and oxygen atoms in total. The third-order valence-corrected chi connectivity index (χ3v) is 2.69. The molecule has 0 aliphatic rings. The van der Waals surface area contributed by atoms with Crippen molar-refractivity contribution in [3.05, 3.63) is 71.8 Å². The highest BCUT2D eigenvalue weighted by atomic mass is 16.3. The fourth-order valence-corrected chi connectivity index (χ4v) is 1.52. The molecule has 2 heteroatoms. The average Bonchev–Trinajstić information content (AvgIpc) is 2.49. The zero-order chi connectivity index (χ0) is 13.2. The number of aliphatic hydroxyl groups excluding tert-OH is 1. The third-order valence-electron chi connectivity index (χ3n) is 2.69. The monoisotopic (exact) mass is 243 g/mol. The Hall–Kier alpha value is -1.64. The van der Waals surface area contributed by atoms with E-state index in [4.69, 9.17) is 10.8 Å². The van der Waals surface area contributed by atoms with Crippen molar-refractivity contribution in [2.24, 2.45) is 5.73 Å². The van der Waals surface area contributed by atoms with Crippen LogP contribution in [0.2, 0.25) is 0 Å². The Morgan fingerprint density at radius 2 is 1.44 bits per heavy atom. The Morgan fingerprint density at radius 1 is 0.944 bits per heavy atom. The number of hydrogen-bond acceptors (Lipinski definition) is 2. The summed E-state index contributed by atoms with van der Waals surface area (Å²) in [5.41, 5.74) is 7.99. The van der Waals surface area contributed by atoms with Crippen molar-refractivity contribution in [3.63, 3.8) is 0 Å². The van der Waals surface area contributed by atoms with Crippen molar-refractivity contribution in [1.82, 2.24) is 0 Å². The zero-order valence-corrected chi connectivity index (χ0v) is 10.8. The molecule has 2 rings (SSSR count). The van der Waals surface area contributed by atoms with Crippen molar-refractivity contribution in [3.8, 4) is 0 Å². The van der Waals surface area contributed by atoms with E-state index in [-0.39, 0.29) is 12.6 Å². The lowest BCUT2D eigenvalue weighted by Crippen LogP contribution is -2.07. The van der Waals surface area contributed by atoms with Crippen molar-refractivity contribution < 1.29 is 5.11 Å². The van der Waals surface area contributed by atoms with Crippen molar-refractivity contribution in [2.75, 3.05) is 0 Å². The van der Waals surface area contributed by atoms with E-state index in [1.807, 2.05) is 48.5 Å². The van der Waals surface area contributed by atoms with Gasteiger partial charge in [-0.2, -0.15) is 0 Å². The maximum absolute atomic E-state index is 8.54. The molecule has 0 saturated carbocycles. The average molecular weight is 243 g/mol. The molecule has 0 aromatic heterocycles. The van der Waals surface area contributed by atoms with Crippen molar-refractivity contribution in [2.45, 2.75) is 26.0 Å². The summed E-state index contributed by atoms with van der Waals surface area (Å²) in [5.74, 6) is 0. The topological polar surface area (TPSA) is 46.2 Å². The Balaban J connectivity index is 0.000000184. The number of aliphatic hydroxyl groups is 1. The summed E-state index contributed by atoms with van der Waals surface area (Å²) < 4.78 is 0. The quantitative estimate of drug-likeness (QED) is 0.869. The Morgan fingerprint density at radius 3 is 1.83 bits per heavy atom. The molecule has 0 aliphatic heterocycles. The van der Waals surface area contributed by atoms with Crippen LogP contribution in [-0.2, 0) is 6.61 Å². The van der Waals surface area contributed by atoms with E-state index in [9.17, 15) is 0 Å². The highest BCUT2D eigenvalue weighted by Gasteiger charge is 1.99. The lowest BCUT2D eigenvalue weighted by Gasteiger charge is -2.06. The number of nitrogens with two attached hydrogens (primary N) is 1. The number of hydrogen-bond donors (Lipinski definition) is 2. The number of rotatable bonds is 3. The summed E-state index contributed by atoms with van der Waals surface area (Å²) in [6.45, 7) is 2.23. The first kappa shape index (κ1) is 14.4. The lowest BCUT2D eigenvalue weighted by molar-refractivity contribution is 0.282. The molecule has 96 valence electrons. The van der Waals surface area contributed by atoms with E-state index in [2.05, 4.69) is 19.1 Å².